The monoisotopic (exact) mass is 501 g/mol. The fourth-order valence-corrected chi connectivity index (χ4v) is 4.00. The van der Waals surface area contributed by atoms with Gasteiger partial charge in [0.15, 0.2) is 0 Å². The Balaban J connectivity index is 2.39. The van der Waals surface area contributed by atoms with Gasteiger partial charge in [-0.25, -0.2) is 4.79 Å². The Labute approximate surface area is 225 Å². The first kappa shape index (κ1) is 30.0. The number of carbonyl (C=O) groups is 1. The maximum atomic E-state index is 13.7. The molecule has 2 aromatic carbocycles. The molecule has 0 radical (unpaired) electrons. The molecule has 0 bridgehead atoms. The highest BCUT2D eigenvalue weighted by Crippen LogP contribution is 2.26. The minimum Gasteiger partial charge on any atom is -0.378 e. The zero-order valence-corrected chi connectivity index (χ0v) is 24.6. The predicted octanol–water partition coefficient (Wildman–Crippen LogP) is 8.46. The second-order valence-electron chi connectivity index (χ2n) is 11.6. The molecule has 0 aliphatic carbocycles. The van der Waals surface area contributed by atoms with E-state index in [9.17, 15) is 4.79 Å². The number of hydrogen-bond acceptors (Lipinski definition) is 2. The maximum Gasteiger partial charge on any atom is 0.326 e. The highest BCUT2D eigenvalue weighted by molar-refractivity contribution is 5.93. The van der Waals surface area contributed by atoms with Crippen molar-refractivity contribution in [1.29, 1.82) is 0 Å². The van der Waals surface area contributed by atoms with E-state index in [1.165, 1.54) is 5.56 Å². The summed E-state index contributed by atoms with van der Waals surface area (Å²) in [4.78, 5) is 17.6. The van der Waals surface area contributed by atoms with Crippen molar-refractivity contribution in [3.8, 4) is 0 Å². The number of amides is 2. The van der Waals surface area contributed by atoms with Crippen LogP contribution < -0.4 is 15.1 Å². The zero-order chi connectivity index (χ0) is 27.8. The molecule has 1 N–H and O–H groups in total. The molecular formula is C33H47N3O. The Morgan fingerprint density at radius 1 is 0.892 bits per heavy atom. The summed E-state index contributed by atoms with van der Waals surface area (Å²) in [5.74, 6) is 0.782. The van der Waals surface area contributed by atoms with E-state index in [0.29, 0.717) is 12.5 Å². The fraction of sp³-hybridized carbons (Fsp3) is 0.424. The van der Waals surface area contributed by atoms with Gasteiger partial charge < -0.3 is 10.2 Å². The minimum absolute atomic E-state index is 0.0511. The second kappa shape index (κ2) is 13.3. The van der Waals surface area contributed by atoms with Crippen LogP contribution in [-0.2, 0) is 12.0 Å². The van der Waals surface area contributed by atoms with Gasteiger partial charge in [-0.05, 0) is 65.1 Å². The van der Waals surface area contributed by atoms with Crippen LogP contribution in [0.3, 0.4) is 0 Å². The fourth-order valence-electron chi connectivity index (χ4n) is 4.00. The molecule has 0 spiro atoms. The minimum atomic E-state index is -0.137. The molecule has 0 aliphatic rings. The van der Waals surface area contributed by atoms with Gasteiger partial charge in [0.2, 0.25) is 0 Å². The molecule has 4 heteroatoms. The molecule has 2 amide bonds. The lowest BCUT2D eigenvalue weighted by molar-refractivity contribution is 0.248. The number of allylic oxidation sites excluding steroid dienone is 6. The van der Waals surface area contributed by atoms with Crippen LogP contribution in [0.4, 0.5) is 16.2 Å². The van der Waals surface area contributed by atoms with E-state index in [-0.39, 0.29) is 17.4 Å². The van der Waals surface area contributed by atoms with E-state index >= 15 is 0 Å². The molecule has 0 saturated heterocycles. The van der Waals surface area contributed by atoms with Crippen molar-refractivity contribution < 1.29 is 4.79 Å². The number of hydrogen-bond donors (Lipinski definition) is 1. The van der Waals surface area contributed by atoms with Crippen LogP contribution in [0.15, 0.2) is 84.1 Å². The average Bonchev–Trinajstić information content (AvgIpc) is 2.81. The summed E-state index contributed by atoms with van der Waals surface area (Å²) < 4.78 is 0. The second-order valence-corrected chi connectivity index (χ2v) is 11.6. The van der Waals surface area contributed by atoms with Crippen molar-refractivity contribution in [1.82, 2.24) is 5.32 Å². The Kier molecular flexibility index (Phi) is 10.8. The summed E-state index contributed by atoms with van der Waals surface area (Å²) in [7, 11) is 4.06. The van der Waals surface area contributed by atoms with Gasteiger partial charge in [0.25, 0.3) is 0 Å². The Bertz CT molecular complexity index is 1100. The highest BCUT2D eigenvalue weighted by Gasteiger charge is 2.20. The molecule has 0 unspecified atom stereocenters. The van der Waals surface area contributed by atoms with E-state index in [1.54, 1.807) is 0 Å². The third-order valence-corrected chi connectivity index (χ3v) is 6.32. The first-order chi connectivity index (χ1) is 17.3. The molecule has 0 aliphatic heterocycles. The van der Waals surface area contributed by atoms with Gasteiger partial charge in [0.05, 0.1) is 6.54 Å². The number of nitrogens with zero attached hydrogens (tertiary/aromatic N) is 2. The summed E-state index contributed by atoms with van der Waals surface area (Å²) >= 11 is 0. The highest BCUT2D eigenvalue weighted by atomic mass is 16.2. The largest absolute Gasteiger partial charge is 0.378 e. The third-order valence-electron chi connectivity index (χ3n) is 6.32. The lowest BCUT2D eigenvalue weighted by Crippen LogP contribution is -2.39. The van der Waals surface area contributed by atoms with Crippen molar-refractivity contribution in [2.45, 2.75) is 67.3 Å². The van der Waals surface area contributed by atoms with E-state index in [0.717, 1.165) is 28.2 Å². The number of benzene rings is 2. The first-order valence-electron chi connectivity index (χ1n) is 13.3. The quantitative estimate of drug-likeness (QED) is 0.350. The Morgan fingerprint density at radius 2 is 1.46 bits per heavy atom. The van der Waals surface area contributed by atoms with Crippen molar-refractivity contribution in [2.75, 3.05) is 23.9 Å². The van der Waals surface area contributed by atoms with Gasteiger partial charge in [-0.3, -0.25) is 4.90 Å². The molecule has 4 nitrogen and oxygen atoms in total. The number of carbonyl (C=O) groups excluding carboxylic acids is 1. The lowest BCUT2D eigenvalue weighted by atomic mass is 9.87. The summed E-state index contributed by atoms with van der Waals surface area (Å²) in [5, 5.41) is 3.19. The molecule has 2 aromatic rings. The van der Waals surface area contributed by atoms with Gasteiger partial charge in [-0.2, -0.15) is 0 Å². The van der Waals surface area contributed by atoms with Crippen molar-refractivity contribution in [3.63, 3.8) is 0 Å². The van der Waals surface area contributed by atoms with Gasteiger partial charge in [-0.1, -0.05) is 97.0 Å². The molecule has 0 aromatic heterocycles. The molecule has 0 heterocycles. The number of nitrogens with one attached hydrogen (secondary N) is 1. The van der Waals surface area contributed by atoms with Crippen LogP contribution in [0.5, 0.6) is 0 Å². The van der Waals surface area contributed by atoms with Crippen molar-refractivity contribution in [2.24, 2.45) is 11.8 Å². The van der Waals surface area contributed by atoms with E-state index < -0.39 is 0 Å². The van der Waals surface area contributed by atoms with Gasteiger partial charge in [-0.15, -0.1) is 0 Å². The summed E-state index contributed by atoms with van der Waals surface area (Å²) in [5.41, 5.74) is 6.35. The van der Waals surface area contributed by atoms with E-state index in [4.69, 9.17) is 0 Å². The molecule has 200 valence electrons. The van der Waals surface area contributed by atoms with Gasteiger partial charge in [0, 0.05) is 31.2 Å². The first-order valence-corrected chi connectivity index (χ1v) is 13.3. The average molecular weight is 502 g/mol. The van der Waals surface area contributed by atoms with Crippen LogP contribution in [0.1, 0.15) is 66.5 Å². The Hall–Kier alpha value is -3.27. The molecule has 0 saturated carbocycles. The molecule has 0 fully saturated rings. The van der Waals surface area contributed by atoms with Crippen LogP contribution in [0.2, 0.25) is 0 Å². The van der Waals surface area contributed by atoms with E-state index in [2.05, 4.69) is 119 Å². The normalized spacial score (nSPS) is 13.0. The SMILES string of the molecule is C\C(NC(=O)N(Cc1ccc(N(C)C)cc1)c1ccc(C(C)(C)C)cc1)=C(/C=C\C=C\C(C)C)C(C)C. The van der Waals surface area contributed by atoms with Crippen LogP contribution >= 0.6 is 0 Å². The molecule has 2 rings (SSSR count). The lowest BCUT2D eigenvalue weighted by Gasteiger charge is -2.26. The van der Waals surface area contributed by atoms with E-state index in [1.807, 2.05) is 38.1 Å². The summed E-state index contributed by atoms with van der Waals surface area (Å²) in [6.45, 7) is 17.7. The number of rotatable bonds is 9. The predicted molar refractivity (Wildman–Crippen MR) is 161 cm³/mol. The smallest absolute Gasteiger partial charge is 0.326 e. The van der Waals surface area contributed by atoms with Crippen molar-refractivity contribution in [3.05, 3.63) is 95.2 Å². The zero-order valence-electron chi connectivity index (χ0n) is 24.6. The number of urea groups is 1. The van der Waals surface area contributed by atoms with Crippen LogP contribution in [0, 0.1) is 11.8 Å². The molecular weight excluding hydrogens is 454 g/mol. The maximum absolute atomic E-state index is 13.7. The number of anilines is 2. The van der Waals surface area contributed by atoms with Gasteiger partial charge in [0.1, 0.15) is 0 Å². The standard InChI is InChI=1S/C33H47N3O/c1-24(2)13-11-12-14-31(25(3)4)26(5)34-32(37)36(23-27-15-19-29(20-16-27)35(9)10)30-21-17-28(18-22-30)33(6,7)8/h11-22,24-25H,23H2,1-10H3,(H,34,37)/b13-11+,14-12-,31-26-. The molecule has 37 heavy (non-hydrogen) atoms. The van der Waals surface area contributed by atoms with Crippen molar-refractivity contribution >= 4 is 17.4 Å². The summed E-state index contributed by atoms with van der Waals surface area (Å²) in [6, 6.07) is 16.6. The van der Waals surface area contributed by atoms with Crippen LogP contribution in [-0.4, -0.2) is 20.1 Å². The van der Waals surface area contributed by atoms with Gasteiger partial charge >= 0.3 is 6.03 Å². The topological polar surface area (TPSA) is 35.6 Å². The molecule has 0 atom stereocenters. The third kappa shape index (κ3) is 9.27. The Morgan fingerprint density at radius 3 is 1.95 bits per heavy atom. The van der Waals surface area contributed by atoms with Crippen LogP contribution in [0.25, 0.3) is 0 Å². The summed E-state index contributed by atoms with van der Waals surface area (Å²) in [6.07, 6.45) is 8.39.